The van der Waals surface area contributed by atoms with E-state index in [1.807, 2.05) is 0 Å². The van der Waals surface area contributed by atoms with Gasteiger partial charge in [-0.3, -0.25) is 0 Å². The Balaban J connectivity index is 12.3. The normalized spacial score (nSPS) is 13.4. The van der Waals surface area contributed by atoms with Crippen molar-refractivity contribution in [1.29, 1.82) is 0 Å². The Morgan fingerprint density at radius 1 is 0.146 bits per heavy atom. The molecular formula is C75H165CrSi6. The molecule has 0 nitrogen and oxygen atoms in total. The summed E-state index contributed by atoms with van der Waals surface area (Å²) < 4.78 is 3.93. The van der Waals surface area contributed by atoms with E-state index in [1.54, 1.807) is 224 Å². The van der Waals surface area contributed by atoms with E-state index in [4.69, 9.17) is 0 Å². The van der Waals surface area contributed by atoms with Crippen LogP contribution in [0, 0.1) is 0 Å². The summed E-state index contributed by atoms with van der Waals surface area (Å²) in [5, 5.41) is 0. The predicted molar refractivity (Wildman–Crippen MR) is 401 cm³/mol. The van der Waals surface area contributed by atoms with E-state index in [-0.39, 0.29) is 0 Å². The molecule has 0 aromatic carbocycles. The molecule has 0 aliphatic heterocycles. The van der Waals surface area contributed by atoms with Crippen molar-refractivity contribution in [3.63, 3.8) is 0 Å². The summed E-state index contributed by atoms with van der Waals surface area (Å²) >= 11 is -1.44. The van der Waals surface area contributed by atoms with Crippen LogP contribution in [0.1, 0.15) is 356 Å². The van der Waals surface area contributed by atoms with E-state index < -0.39 is 62.6 Å². The van der Waals surface area contributed by atoms with Crippen molar-refractivity contribution in [1.82, 2.24) is 0 Å². The summed E-state index contributed by atoms with van der Waals surface area (Å²) in [5.41, 5.74) is 0. The monoisotopic (exact) mass is 1290 g/mol. The molecule has 0 unspecified atom stereocenters. The van der Waals surface area contributed by atoms with Crippen LogP contribution in [0.4, 0.5) is 0 Å². The van der Waals surface area contributed by atoms with Crippen molar-refractivity contribution in [2.24, 2.45) is 0 Å². The molecule has 0 aromatic rings. The third kappa shape index (κ3) is 27.3. The quantitative estimate of drug-likeness (QED) is 0.0533. The minimum absolute atomic E-state index is 1.31. The van der Waals surface area contributed by atoms with Crippen molar-refractivity contribution in [2.75, 3.05) is 0 Å². The van der Waals surface area contributed by atoms with Gasteiger partial charge in [0.2, 0.25) is 0 Å². The van der Waals surface area contributed by atoms with Gasteiger partial charge in [0.15, 0.2) is 0 Å². The molecule has 0 fully saturated rings. The predicted octanol–water partition coefficient (Wildman–Crippen LogP) is 30.3. The zero-order valence-electron chi connectivity index (χ0n) is 61.3. The fraction of sp³-hybridized carbons (Fsp3) is 1.00. The standard InChI is InChI=1S/3C25H55Si2.Cr/c3*1-7-13-19-26(20-14-8-2,21-15-9-3)25-27(22-16-10-4,23-17-11-5)24-18-12-6;/h3*25H,7-24H2,1-6H3;. The Kier molecular flexibility index (Phi) is 52.6. The maximum absolute atomic E-state index is 2.69. The molecule has 0 bridgehead atoms. The van der Waals surface area contributed by atoms with Crippen LogP contribution in [0.25, 0.3) is 0 Å². The van der Waals surface area contributed by atoms with Crippen LogP contribution in [0.15, 0.2) is 0 Å². The van der Waals surface area contributed by atoms with Crippen molar-refractivity contribution >= 4 is 48.4 Å². The van der Waals surface area contributed by atoms with Gasteiger partial charge in [0, 0.05) is 0 Å². The average molecular weight is 1290 g/mol. The molecule has 495 valence electrons. The van der Waals surface area contributed by atoms with Crippen LogP contribution < -0.4 is 0 Å². The molecule has 7 heteroatoms. The number of hydrogen-bond acceptors (Lipinski definition) is 0. The molecule has 0 N–H and O–H groups in total. The third-order valence-electron chi connectivity index (χ3n) is 22.7. The Hall–Kier alpha value is 1.83. The van der Waals surface area contributed by atoms with Crippen molar-refractivity contribution in [3.8, 4) is 0 Å². The molecular weight excluding hydrogens is 1120 g/mol. The van der Waals surface area contributed by atoms with Crippen LogP contribution in [0.2, 0.25) is 121 Å². The van der Waals surface area contributed by atoms with E-state index in [9.17, 15) is 0 Å². The zero-order chi connectivity index (χ0) is 61.5. The molecule has 0 aliphatic carbocycles. The fourth-order valence-corrected chi connectivity index (χ4v) is 114. The van der Waals surface area contributed by atoms with Gasteiger partial charge < -0.3 is 0 Å². The van der Waals surface area contributed by atoms with Gasteiger partial charge in [0.25, 0.3) is 0 Å². The third-order valence-corrected chi connectivity index (χ3v) is 88.0. The van der Waals surface area contributed by atoms with E-state index in [0.29, 0.717) is 0 Å². The van der Waals surface area contributed by atoms with Crippen LogP contribution in [-0.2, 0) is 14.1 Å². The molecule has 82 heavy (non-hydrogen) atoms. The summed E-state index contributed by atoms with van der Waals surface area (Å²) in [6.45, 7) is 48.4. The van der Waals surface area contributed by atoms with Gasteiger partial charge in [0.05, 0.1) is 0 Å². The topological polar surface area (TPSA) is 0 Å². The Morgan fingerprint density at radius 3 is 0.280 bits per heavy atom. The second kappa shape index (κ2) is 51.5. The summed E-state index contributed by atoms with van der Waals surface area (Å²) in [6, 6.07) is 31.9. The van der Waals surface area contributed by atoms with Gasteiger partial charge >= 0.3 is 539 Å². The number of unbranched alkanes of at least 4 members (excludes halogenated alkanes) is 18. The zero-order valence-corrected chi connectivity index (χ0v) is 68.6. The van der Waals surface area contributed by atoms with Gasteiger partial charge in [-0.25, -0.2) is 0 Å². The van der Waals surface area contributed by atoms with Gasteiger partial charge in [0.1, 0.15) is 0 Å². The van der Waals surface area contributed by atoms with Crippen LogP contribution in [-0.4, -0.2) is 48.4 Å². The maximum atomic E-state index is 2.69. The minimum atomic E-state index is -1.95. The fourth-order valence-electron chi connectivity index (χ4n) is 18.2. The summed E-state index contributed by atoms with van der Waals surface area (Å²) in [7, 11) is -11.7. The average Bonchev–Trinajstić information content (AvgIpc) is 1.56. The first-order chi connectivity index (χ1) is 39.8. The van der Waals surface area contributed by atoms with Crippen molar-refractivity contribution in [3.05, 3.63) is 0 Å². The molecule has 0 saturated carbocycles. The molecule has 0 heterocycles. The molecule has 0 saturated heterocycles. The molecule has 0 amide bonds. The van der Waals surface area contributed by atoms with Gasteiger partial charge in [-0.05, 0) is 0 Å². The molecule has 0 spiro atoms. The van der Waals surface area contributed by atoms with Crippen LogP contribution >= 0.6 is 0 Å². The molecule has 0 radical (unpaired) electrons. The SMILES string of the molecule is CCCC[Si](CCCC)(CCCC)[CH]([Cr]([CH]([Si](CCCC)(CCCC)CCCC)[Si](CCCC)(CCCC)CCCC)[CH]([Si](CCCC)(CCCC)CCCC)[Si](CCCC)(CCCC)CCCC)[Si](CCCC)(CCCC)CCCC. The summed E-state index contributed by atoms with van der Waals surface area (Å²) in [4.78, 5) is 0. The Bertz CT molecular complexity index is 1000. The summed E-state index contributed by atoms with van der Waals surface area (Å²) in [6.07, 6.45) is 54.9. The van der Waals surface area contributed by atoms with E-state index in [2.05, 4.69) is 125 Å². The van der Waals surface area contributed by atoms with Crippen LogP contribution in [0.3, 0.4) is 0 Å². The first-order valence-electron chi connectivity index (χ1n) is 39.5. The van der Waals surface area contributed by atoms with Gasteiger partial charge in [-0.2, -0.15) is 0 Å². The molecule has 0 aromatic heterocycles. The number of rotatable bonds is 63. The first kappa shape index (κ1) is 83.8. The van der Waals surface area contributed by atoms with Crippen LogP contribution in [0.5, 0.6) is 0 Å². The van der Waals surface area contributed by atoms with E-state index >= 15 is 0 Å². The second-order valence-corrected chi connectivity index (χ2v) is 67.7. The van der Waals surface area contributed by atoms with Gasteiger partial charge in [-0.15, -0.1) is 0 Å². The molecule has 0 atom stereocenters. The van der Waals surface area contributed by atoms with Gasteiger partial charge in [-0.1, -0.05) is 0 Å². The second-order valence-electron chi connectivity index (χ2n) is 29.6. The molecule has 0 rings (SSSR count). The number of hydrogen-bond donors (Lipinski definition) is 0. The van der Waals surface area contributed by atoms with Crippen molar-refractivity contribution < 1.29 is 14.1 Å². The van der Waals surface area contributed by atoms with Crippen molar-refractivity contribution in [2.45, 2.75) is 477 Å². The Labute approximate surface area is 535 Å². The van der Waals surface area contributed by atoms with E-state index in [1.165, 1.54) is 128 Å². The Morgan fingerprint density at radius 2 is 0.220 bits per heavy atom. The van der Waals surface area contributed by atoms with E-state index in [0.717, 1.165) is 0 Å². The summed E-state index contributed by atoms with van der Waals surface area (Å²) in [5.74, 6) is 0. The molecule has 0 aliphatic rings. The first-order valence-corrected chi connectivity index (χ1v) is 57.9.